The Morgan fingerprint density at radius 2 is 2.08 bits per heavy atom. The third-order valence-corrected chi connectivity index (χ3v) is 4.42. The van der Waals surface area contributed by atoms with Crippen LogP contribution in [0.3, 0.4) is 0 Å². The summed E-state index contributed by atoms with van der Waals surface area (Å²) in [7, 11) is 2.12. The molecule has 1 aromatic carbocycles. The molecule has 1 fully saturated rings. The van der Waals surface area contributed by atoms with Crippen LogP contribution in [0.25, 0.3) is 0 Å². The third-order valence-electron chi connectivity index (χ3n) is 4.42. The van der Waals surface area contributed by atoms with E-state index in [2.05, 4.69) is 53.8 Å². The van der Waals surface area contributed by atoms with Crippen LogP contribution in [-0.2, 0) is 17.9 Å². The van der Waals surface area contributed by atoms with Crippen LogP contribution in [-0.4, -0.2) is 37.5 Å². The first kappa shape index (κ1) is 23.2. The van der Waals surface area contributed by atoms with Gasteiger partial charge in [-0.3, -0.25) is 4.79 Å². The van der Waals surface area contributed by atoms with E-state index in [0.717, 1.165) is 32.6 Å². The minimum atomic E-state index is 0. The first-order valence-corrected chi connectivity index (χ1v) is 8.41. The molecule has 2 N–H and O–H groups in total. The fourth-order valence-corrected chi connectivity index (χ4v) is 2.85. The minimum absolute atomic E-state index is 0. The highest BCUT2D eigenvalue weighted by molar-refractivity contribution is 5.85. The Kier molecular flexibility index (Phi) is 12.1. The van der Waals surface area contributed by atoms with Gasteiger partial charge in [0.2, 0.25) is 5.91 Å². The molecular weight excluding hydrogens is 345 g/mol. The zero-order valence-corrected chi connectivity index (χ0v) is 16.3. The first-order valence-electron chi connectivity index (χ1n) is 8.41. The van der Waals surface area contributed by atoms with Crippen molar-refractivity contribution >= 4 is 30.7 Å². The van der Waals surface area contributed by atoms with Crippen molar-refractivity contribution in [3.8, 4) is 0 Å². The molecule has 4 nitrogen and oxygen atoms in total. The molecule has 1 saturated heterocycles. The van der Waals surface area contributed by atoms with Crippen molar-refractivity contribution in [1.82, 2.24) is 15.5 Å². The molecule has 24 heavy (non-hydrogen) atoms. The number of nitrogens with one attached hydrogen (secondary N) is 2. The van der Waals surface area contributed by atoms with Gasteiger partial charge in [0.25, 0.3) is 0 Å². The number of benzene rings is 1. The number of halogens is 2. The average molecular weight is 376 g/mol. The molecule has 0 aliphatic carbocycles. The van der Waals surface area contributed by atoms with E-state index < -0.39 is 0 Å². The second kappa shape index (κ2) is 12.5. The molecule has 0 spiro atoms. The zero-order chi connectivity index (χ0) is 15.8. The second-order valence-corrected chi connectivity index (χ2v) is 6.32. The molecular formula is C18H31Cl2N3O. The smallest absolute Gasteiger partial charge is 0.220 e. The number of rotatable bonds is 8. The highest BCUT2D eigenvalue weighted by atomic mass is 35.5. The van der Waals surface area contributed by atoms with Crippen molar-refractivity contribution in [2.45, 2.75) is 39.3 Å². The maximum absolute atomic E-state index is 11.9. The fraction of sp³-hybridized carbons (Fsp3) is 0.611. The van der Waals surface area contributed by atoms with E-state index in [9.17, 15) is 4.79 Å². The normalized spacial score (nSPS) is 16.4. The van der Waals surface area contributed by atoms with Crippen LogP contribution in [0.1, 0.15) is 37.3 Å². The summed E-state index contributed by atoms with van der Waals surface area (Å²) in [5.74, 6) is 0.849. The molecule has 1 aliphatic heterocycles. The molecule has 1 aromatic rings. The number of hydrogen-bond acceptors (Lipinski definition) is 3. The van der Waals surface area contributed by atoms with Crippen molar-refractivity contribution in [2.75, 3.05) is 26.7 Å². The fourth-order valence-electron chi connectivity index (χ4n) is 2.85. The molecule has 1 amide bonds. The van der Waals surface area contributed by atoms with E-state index in [1.54, 1.807) is 0 Å². The van der Waals surface area contributed by atoms with Crippen molar-refractivity contribution in [1.29, 1.82) is 0 Å². The van der Waals surface area contributed by atoms with Gasteiger partial charge in [0.15, 0.2) is 0 Å². The van der Waals surface area contributed by atoms with Gasteiger partial charge < -0.3 is 15.5 Å². The molecule has 1 aliphatic rings. The highest BCUT2D eigenvalue weighted by Crippen LogP contribution is 2.14. The lowest BCUT2D eigenvalue weighted by molar-refractivity contribution is -0.121. The molecule has 6 heteroatoms. The van der Waals surface area contributed by atoms with Gasteiger partial charge >= 0.3 is 0 Å². The van der Waals surface area contributed by atoms with E-state index >= 15 is 0 Å². The molecule has 1 heterocycles. The van der Waals surface area contributed by atoms with Crippen molar-refractivity contribution < 1.29 is 4.79 Å². The van der Waals surface area contributed by atoms with Crippen LogP contribution < -0.4 is 10.6 Å². The summed E-state index contributed by atoms with van der Waals surface area (Å²) in [5, 5.41) is 6.39. The zero-order valence-electron chi connectivity index (χ0n) is 14.7. The third kappa shape index (κ3) is 8.34. The number of carbonyl (C=O) groups excluding carboxylic acids is 1. The molecule has 138 valence electrons. The largest absolute Gasteiger partial charge is 0.352 e. The molecule has 0 saturated carbocycles. The van der Waals surface area contributed by atoms with Crippen LogP contribution in [0.15, 0.2) is 24.3 Å². The number of amides is 1. The Bertz CT molecular complexity index is 479. The summed E-state index contributed by atoms with van der Waals surface area (Å²) >= 11 is 0. The summed E-state index contributed by atoms with van der Waals surface area (Å²) in [6, 6.07) is 8.49. The summed E-state index contributed by atoms with van der Waals surface area (Å²) in [6.45, 7) is 6.95. The van der Waals surface area contributed by atoms with Crippen LogP contribution in [0, 0.1) is 5.92 Å². The van der Waals surface area contributed by atoms with Gasteiger partial charge in [-0.1, -0.05) is 31.2 Å². The van der Waals surface area contributed by atoms with Gasteiger partial charge in [0.05, 0.1) is 0 Å². The van der Waals surface area contributed by atoms with Crippen LogP contribution in [0.5, 0.6) is 0 Å². The summed E-state index contributed by atoms with van der Waals surface area (Å²) in [4.78, 5) is 14.2. The number of carbonyl (C=O) groups is 1. The van der Waals surface area contributed by atoms with E-state index in [-0.39, 0.29) is 30.7 Å². The maximum atomic E-state index is 11.9. The Morgan fingerprint density at radius 3 is 2.75 bits per heavy atom. The highest BCUT2D eigenvalue weighted by Gasteiger charge is 2.15. The van der Waals surface area contributed by atoms with Crippen LogP contribution >= 0.6 is 24.8 Å². The van der Waals surface area contributed by atoms with E-state index in [0.29, 0.717) is 18.9 Å². The average Bonchev–Trinajstić information content (AvgIpc) is 3.04. The summed E-state index contributed by atoms with van der Waals surface area (Å²) in [5.41, 5.74) is 2.48. The Balaban J connectivity index is 0.00000264. The van der Waals surface area contributed by atoms with Crippen molar-refractivity contribution in [2.24, 2.45) is 5.92 Å². The monoisotopic (exact) mass is 375 g/mol. The summed E-state index contributed by atoms with van der Waals surface area (Å²) in [6.07, 6.45) is 2.85. The predicted molar refractivity (Wildman–Crippen MR) is 105 cm³/mol. The van der Waals surface area contributed by atoms with Gasteiger partial charge in [-0.15, -0.1) is 24.8 Å². The Hall–Kier alpha value is -0.810. The van der Waals surface area contributed by atoms with E-state index in [4.69, 9.17) is 0 Å². The molecule has 1 atom stereocenters. The topological polar surface area (TPSA) is 44.4 Å². The molecule has 0 bridgehead atoms. The molecule has 0 aromatic heterocycles. The quantitative estimate of drug-likeness (QED) is 0.733. The van der Waals surface area contributed by atoms with Gasteiger partial charge in [0, 0.05) is 19.5 Å². The lowest BCUT2D eigenvalue weighted by Gasteiger charge is -2.14. The molecule has 0 radical (unpaired) electrons. The minimum Gasteiger partial charge on any atom is -0.352 e. The lowest BCUT2D eigenvalue weighted by atomic mass is 10.0. The molecule has 1 unspecified atom stereocenters. The second-order valence-electron chi connectivity index (χ2n) is 6.32. The van der Waals surface area contributed by atoms with E-state index in [1.165, 1.54) is 17.5 Å². The number of hydrogen-bond donors (Lipinski definition) is 2. The maximum Gasteiger partial charge on any atom is 0.220 e. The SMILES string of the molecule is CCN(C)Cc1cccc(CNC(=O)CCC2CCNC2)c1.Cl.Cl. The van der Waals surface area contributed by atoms with E-state index in [1.807, 2.05) is 0 Å². The lowest BCUT2D eigenvalue weighted by Crippen LogP contribution is -2.23. The standard InChI is InChI=1S/C18H29N3O.2ClH/c1-3-21(2)14-17-6-4-5-16(11-17)13-20-18(22)8-7-15-9-10-19-12-15;;/h4-6,11,15,19H,3,7-10,12-14H2,1-2H3,(H,20,22);2*1H. The summed E-state index contributed by atoms with van der Waals surface area (Å²) < 4.78 is 0. The Labute approximate surface area is 158 Å². The molecule has 2 rings (SSSR count). The van der Waals surface area contributed by atoms with Gasteiger partial charge in [-0.25, -0.2) is 0 Å². The van der Waals surface area contributed by atoms with Gasteiger partial charge in [0.1, 0.15) is 0 Å². The number of nitrogens with zero attached hydrogens (tertiary/aromatic N) is 1. The van der Waals surface area contributed by atoms with Crippen LogP contribution in [0.2, 0.25) is 0 Å². The van der Waals surface area contributed by atoms with Crippen molar-refractivity contribution in [3.05, 3.63) is 35.4 Å². The van der Waals surface area contributed by atoms with Crippen LogP contribution in [0.4, 0.5) is 0 Å². The van der Waals surface area contributed by atoms with Gasteiger partial charge in [-0.05, 0) is 56.6 Å². The predicted octanol–water partition coefficient (Wildman–Crippen LogP) is 2.99. The first-order chi connectivity index (χ1) is 10.7. The van der Waals surface area contributed by atoms with Crippen molar-refractivity contribution in [3.63, 3.8) is 0 Å². The van der Waals surface area contributed by atoms with Gasteiger partial charge in [-0.2, -0.15) is 0 Å². The Morgan fingerprint density at radius 1 is 1.33 bits per heavy atom.